The fraction of sp³-hybridized carbons (Fsp3) is 0.609. The molecular weight excluding hydrogens is 352 g/mol. The number of rotatable bonds is 5. The summed E-state index contributed by atoms with van der Waals surface area (Å²) in [6.07, 6.45) is 7.57. The monoisotopic (exact) mass is 388 g/mol. The zero-order valence-corrected chi connectivity index (χ0v) is 18.5. The molecule has 2 bridgehead atoms. The summed E-state index contributed by atoms with van der Waals surface area (Å²) >= 11 is 1.50. The Hall–Kier alpha value is -1.10. The number of benzene rings is 1. The van der Waals surface area contributed by atoms with E-state index in [0.29, 0.717) is 0 Å². The van der Waals surface area contributed by atoms with E-state index >= 15 is 0 Å². The van der Waals surface area contributed by atoms with Gasteiger partial charge in [-0.1, -0.05) is 43.7 Å². The maximum absolute atomic E-state index is 10.7. The molecule has 27 heavy (non-hydrogen) atoms. The lowest BCUT2D eigenvalue weighted by Gasteiger charge is -2.41. The normalized spacial score (nSPS) is 27.3. The van der Waals surface area contributed by atoms with Crippen molar-refractivity contribution in [2.45, 2.75) is 70.4 Å². The molecular formula is C23H36N2OS. The summed E-state index contributed by atoms with van der Waals surface area (Å²) in [4.78, 5) is 11.8. The quantitative estimate of drug-likeness (QED) is 0.415. The number of allylic oxidation sites excluding steroid dienone is 1. The fourth-order valence-corrected chi connectivity index (χ4v) is 5.04. The average molecular weight is 389 g/mol. The lowest BCUT2D eigenvalue weighted by atomic mass is 9.68. The summed E-state index contributed by atoms with van der Waals surface area (Å²) in [7, 11) is 2.11. The Morgan fingerprint density at radius 2 is 1.89 bits per heavy atom. The van der Waals surface area contributed by atoms with Gasteiger partial charge in [0.25, 0.3) is 0 Å². The highest BCUT2D eigenvalue weighted by Crippen LogP contribution is 2.40. The van der Waals surface area contributed by atoms with Crippen molar-refractivity contribution in [1.29, 1.82) is 0 Å². The van der Waals surface area contributed by atoms with Gasteiger partial charge in [0.1, 0.15) is 6.29 Å². The first-order chi connectivity index (χ1) is 12.8. The van der Waals surface area contributed by atoms with Gasteiger partial charge in [0.05, 0.1) is 5.54 Å². The van der Waals surface area contributed by atoms with Gasteiger partial charge in [-0.25, -0.2) is 4.72 Å². The molecule has 1 aromatic rings. The minimum atomic E-state index is -0.479. The Morgan fingerprint density at radius 1 is 1.19 bits per heavy atom. The number of aryl methyl sites for hydroxylation is 1. The van der Waals surface area contributed by atoms with Crippen LogP contribution in [0.5, 0.6) is 0 Å². The molecule has 0 saturated heterocycles. The summed E-state index contributed by atoms with van der Waals surface area (Å²) in [6, 6.07) is 8.81. The highest BCUT2D eigenvalue weighted by Gasteiger charge is 2.34. The van der Waals surface area contributed by atoms with Crippen LogP contribution in [0.1, 0.15) is 52.5 Å². The molecule has 1 saturated carbocycles. The van der Waals surface area contributed by atoms with E-state index < -0.39 is 5.54 Å². The van der Waals surface area contributed by atoms with E-state index in [0.717, 1.165) is 35.0 Å². The van der Waals surface area contributed by atoms with Crippen molar-refractivity contribution in [3.63, 3.8) is 0 Å². The summed E-state index contributed by atoms with van der Waals surface area (Å²) in [5.74, 6) is 2.56. The van der Waals surface area contributed by atoms with Crippen molar-refractivity contribution >= 4 is 18.2 Å². The third-order valence-corrected chi connectivity index (χ3v) is 6.86. The van der Waals surface area contributed by atoms with Gasteiger partial charge in [-0.3, -0.25) is 0 Å². The lowest BCUT2D eigenvalue weighted by molar-refractivity contribution is -0.111. The van der Waals surface area contributed by atoms with E-state index in [2.05, 4.69) is 50.0 Å². The first-order valence-corrected chi connectivity index (χ1v) is 10.9. The van der Waals surface area contributed by atoms with Crippen LogP contribution in [0.3, 0.4) is 0 Å². The van der Waals surface area contributed by atoms with E-state index in [1.807, 2.05) is 32.0 Å². The molecule has 2 aliphatic carbocycles. The minimum absolute atomic E-state index is 0.479. The van der Waals surface area contributed by atoms with Crippen molar-refractivity contribution in [2.75, 3.05) is 7.05 Å². The average Bonchev–Trinajstić information content (AvgIpc) is 2.61. The van der Waals surface area contributed by atoms with Gasteiger partial charge < -0.3 is 10.1 Å². The van der Waals surface area contributed by atoms with Crippen LogP contribution in [-0.2, 0) is 4.79 Å². The van der Waals surface area contributed by atoms with E-state index in [4.69, 9.17) is 0 Å². The Labute approximate surface area is 169 Å². The predicted octanol–water partition coefficient (Wildman–Crippen LogP) is 5.16. The third kappa shape index (κ3) is 6.48. The molecule has 4 unspecified atom stereocenters. The van der Waals surface area contributed by atoms with Gasteiger partial charge in [0.15, 0.2) is 0 Å². The molecule has 2 N–H and O–H groups in total. The zero-order chi connectivity index (χ0) is 20.0. The number of hydrogen-bond acceptors (Lipinski definition) is 4. The van der Waals surface area contributed by atoms with E-state index in [1.165, 1.54) is 36.8 Å². The first-order valence-electron chi connectivity index (χ1n) is 10.1. The highest BCUT2D eigenvalue weighted by atomic mass is 32.2. The van der Waals surface area contributed by atoms with Gasteiger partial charge in [-0.2, -0.15) is 0 Å². The molecule has 0 heterocycles. The maximum Gasteiger partial charge on any atom is 0.140 e. The van der Waals surface area contributed by atoms with Crippen molar-refractivity contribution in [3.05, 3.63) is 41.5 Å². The lowest BCUT2D eigenvalue weighted by Crippen LogP contribution is -2.43. The Bertz CT molecular complexity index is 656. The molecule has 1 fully saturated rings. The topological polar surface area (TPSA) is 41.1 Å². The largest absolute Gasteiger partial charge is 0.316 e. The molecule has 0 amide bonds. The van der Waals surface area contributed by atoms with Crippen molar-refractivity contribution in [3.8, 4) is 0 Å². The van der Waals surface area contributed by atoms with Crippen molar-refractivity contribution in [2.24, 2.45) is 17.8 Å². The smallest absolute Gasteiger partial charge is 0.140 e. The van der Waals surface area contributed by atoms with Crippen LogP contribution in [0.25, 0.3) is 0 Å². The second kappa shape index (κ2) is 9.90. The molecule has 1 aromatic carbocycles. The number of hydrogen-bond donors (Lipinski definition) is 2. The first kappa shape index (κ1) is 22.2. The zero-order valence-electron chi connectivity index (χ0n) is 17.7. The van der Waals surface area contributed by atoms with Crippen LogP contribution in [0.15, 0.2) is 40.8 Å². The Balaban J connectivity index is 0.000000194. The van der Waals surface area contributed by atoms with E-state index in [1.54, 1.807) is 5.57 Å². The molecule has 0 aromatic heterocycles. The molecule has 150 valence electrons. The summed E-state index contributed by atoms with van der Waals surface area (Å²) in [6.45, 7) is 10.5. The van der Waals surface area contributed by atoms with Gasteiger partial charge in [-0.15, -0.1) is 0 Å². The fourth-order valence-electron chi connectivity index (χ4n) is 4.25. The Kier molecular flexibility index (Phi) is 8.14. The number of aldehydes is 1. The molecule has 4 atom stereocenters. The predicted molar refractivity (Wildman–Crippen MR) is 117 cm³/mol. The number of fused-ring (bicyclic) bond motifs is 2. The standard InChI is InChI=1S/C12H21N.C11H15NOS/c1-8-4-10-6-9(2)12(13-3)11(5-8)7-10;1-9-6-4-5-7-10(9)14-12-11(2,3)8-13/h6,8-9,11-13H,4-5,7H2,1-3H3;4-8,12H,1-3H3. The summed E-state index contributed by atoms with van der Waals surface area (Å²) < 4.78 is 3.11. The van der Waals surface area contributed by atoms with E-state index in [-0.39, 0.29) is 0 Å². The highest BCUT2D eigenvalue weighted by molar-refractivity contribution is 7.97. The van der Waals surface area contributed by atoms with Crippen LogP contribution in [0, 0.1) is 24.7 Å². The van der Waals surface area contributed by atoms with Gasteiger partial charge in [-0.05, 0) is 88.4 Å². The second-order valence-electron chi connectivity index (χ2n) is 8.82. The number of nitrogens with one attached hydrogen (secondary N) is 2. The number of carbonyl (C=O) groups is 1. The van der Waals surface area contributed by atoms with Crippen LogP contribution in [0.4, 0.5) is 0 Å². The summed E-state index contributed by atoms with van der Waals surface area (Å²) in [5, 5.41) is 3.49. The molecule has 0 aliphatic heterocycles. The molecule has 2 aliphatic rings. The van der Waals surface area contributed by atoms with Gasteiger partial charge in [0, 0.05) is 10.9 Å². The third-order valence-electron chi connectivity index (χ3n) is 5.56. The van der Waals surface area contributed by atoms with Crippen molar-refractivity contribution in [1.82, 2.24) is 10.0 Å². The molecule has 4 heteroatoms. The van der Waals surface area contributed by atoms with E-state index in [9.17, 15) is 4.79 Å². The SMILES string of the molecule is CNC1C(C)C=C2CC(C)CC1C2.Cc1ccccc1SNC(C)(C)C=O. The molecule has 3 rings (SSSR count). The summed E-state index contributed by atoms with van der Waals surface area (Å²) in [5.41, 5.74) is 2.46. The van der Waals surface area contributed by atoms with Crippen LogP contribution >= 0.6 is 11.9 Å². The van der Waals surface area contributed by atoms with Gasteiger partial charge in [0.2, 0.25) is 0 Å². The van der Waals surface area contributed by atoms with Crippen molar-refractivity contribution < 1.29 is 4.79 Å². The van der Waals surface area contributed by atoms with Gasteiger partial charge >= 0.3 is 0 Å². The van der Waals surface area contributed by atoms with Crippen LogP contribution < -0.4 is 10.0 Å². The molecule has 0 spiro atoms. The molecule has 3 nitrogen and oxygen atoms in total. The minimum Gasteiger partial charge on any atom is -0.316 e. The Morgan fingerprint density at radius 3 is 2.52 bits per heavy atom. The number of carbonyl (C=O) groups excluding carboxylic acids is 1. The maximum atomic E-state index is 10.7. The van der Waals surface area contributed by atoms with Crippen LogP contribution in [0.2, 0.25) is 0 Å². The second-order valence-corrected chi connectivity index (χ2v) is 9.66. The van der Waals surface area contributed by atoms with Crippen LogP contribution in [-0.4, -0.2) is 24.9 Å². The molecule has 0 radical (unpaired) electrons.